The predicted molar refractivity (Wildman–Crippen MR) is 80.3 cm³/mol. The Bertz CT molecular complexity index is 431. The molecule has 0 saturated heterocycles. The van der Waals surface area contributed by atoms with E-state index in [1.54, 1.807) is 0 Å². The Balaban J connectivity index is 2.11. The molecule has 2 rings (SSSR count). The van der Waals surface area contributed by atoms with Gasteiger partial charge in [0, 0.05) is 17.5 Å². The predicted octanol–water partition coefficient (Wildman–Crippen LogP) is 4.30. The second kappa shape index (κ2) is 6.67. The largest absolute Gasteiger partial charge is 0.367 e. The number of Topliss-reactive ketones (excluding diaryl/α,β-unsaturated/α-hetero) is 1. The number of hydrogen-bond acceptors (Lipinski definition) is 2. The highest BCUT2D eigenvalue weighted by molar-refractivity contribution is 9.10. The van der Waals surface area contributed by atoms with E-state index < -0.39 is 5.60 Å². The molecule has 0 spiro atoms. The van der Waals surface area contributed by atoms with Crippen molar-refractivity contribution in [2.75, 3.05) is 6.61 Å². The second-order valence-electron chi connectivity index (χ2n) is 5.22. The summed E-state index contributed by atoms with van der Waals surface area (Å²) in [5.41, 5.74) is 0.541. The summed E-state index contributed by atoms with van der Waals surface area (Å²) < 4.78 is 6.89. The first-order chi connectivity index (χ1) is 9.16. The van der Waals surface area contributed by atoms with Gasteiger partial charge in [0.25, 0.3) is 0 Å². The van der Waals surface area contributed by atoms with Crippen LogP contribution in [0.4, 0.5) is 0 Å². The van der Waals surface area contributed by atoms with Gasteiger partial charge in [-0.25, -0.2) is 0 Å². The van der Waals surface area contributed by atoms with Gasteiger partial charge < -0.3 is 4.74 Å². The minimum Gasteiger partial charge on any atom is -0.367 e. The maximum atomic E-state index is 12.7. The van der Waals surface area contributed by atoms with Gasteiger partial charge in [0.15, 0.2) is 5.78 Å². The number of carbonyl (C=O) groups is 1. The van der Waals surface area contributed by atoms with E-state index in [1.807, 2.05) is 31.2 Å². The summed E-state index contributed by atoms with van der Waals surface area (Å²) in [5, 5.41) is 0. The Labute approximate surface area is 123 Å². The van der Waals surface area contributed by atoms with E-state index in [2.05, 4.69) is 15.9 Å². The van der Waals surface area contributed by atoms with Crippen LogP contribution in [0.1, 0.15) is 44.6 Å². The zero-order valence-electron chi connectivity index (χ0n) is 11.5. The lowest BCUT2D eigenvalue weighted by atomic mass is 9.79. The number of ether oxygens (including phenoxy) is 1. The van der Waals surface area contributed by atoms with Crippen molar-refractivity contribution >= 4 is 21.7 Å². The Hall–Kier alpha value is -0.670. The summed E-state index contributed by atoms with van der Waals surface area (Å²) in [5.74, 6) is 0.243. The number of rotatable bonds is 5. The van der Waals surface area contributed by atoms with E-state index in [0.29, 0.717) is 13.0 Å². The van der Waals surface area contributed by atoms with Crippen LogP contribution in [-0.2, 0) is 16.0 Å². The van der Waals surface area contributed by atoms with Crippen molar-refractivity contribution in [1.82, 2.24) is 0 Å². The van der Waals surface area contributed by atoms with E-state index in [1.165, 1.54) is 6.42 Å². The molecule has 1 saturated carbocycles. The van der Waals surface area contributed by atoms with Crippen LogP contribution in [0.25, 0.3) is 0 Å². The Kier molecular flexibility index (Phi) is 5.17. The minimum absolute atomic E-state index is 0.243. The van der Waals surface area contributed by atoms with E-state index in [-0.39, 0.29) is 5.78 Å². The second-order valence-corrected chi connectivity index (χ2v) is 6.13. The average Bonchev–Trinajstić information content (AvgIpc) is 2.40. The molecule has 1 aromatic rings. The zero-order chi connectivity index (χ0) is 13.7. The highest BCUT2D eigenvalue weighted by Gasteiger charge is 2.39. The molecule has 104 valence electrons. The summed E-state index contributed by atoms with van der Waals surface area (Å²) in [4.78, 5) is 12.7. The Morgan fingerprint density at radius 2 is 2.05 bits per heavy atom. The van der Waals surface area contributed by atoms with Crippen molar-refractivity contribution in [3.05, 3.63) is 34.3 Å². The van der Waals surface area contributed by atoms with Crippen LogP contribution in [0, 0.1) is 0 Å². The van der Waals surface area contributed by atoms with E-state index in [4.69, 9.17) is 4.74 Å². The molecular weight excluding hydrogens is 304 g/mol. The topological polar surface area (TPSA) is 26.3 Å². The van der Waals surface area contributed by atoms with Crippen LogP contribution < -0.4 is 0 Å². The first kappa shape index (κ1) is 14.7. The summed E-state index contributed by atoms with van der Waals surface area (Å²) in [6.07, 6.45) is 5.66. The molecule has 0 unspecified atom stereocenters. The van der Waals surface area contributed by atoms with Gasteiger partial charge in [-0.2, -0.15) is 0 Å². The molecule has 2 nitrogen and oxygen atoms in total. The van der Waals surface area contributed by atoms with Crippen LogP contribution in [0.5, 0.6) is 0 Å². The van der Waals surface area contributed by atoms with Crippen molar-refractivity contribution in [3.63, 3.8) is 0 Å². The van der Waals surface area contributed by atoms with Crippen molar-refractivity contribution in [1.29, 1.82) is 0 Å². The first-order valence-corrected chi connectivity index (χ1v) is 7.87. The standard InChI is InChI=1S/C16H21BrO2/c1-2-19-16(9-4-3-5-10-16)15(18)12-13-7-6-8-14(17)11-13/h6-8,11H,2-5,9-10,12H2,1H3. The van der Waals surface area contributed by atoms with Gasteiger partial charge in [0.1, 0.15) is 5.60 Å². The van der Waals surface area contributed by atoms with Crippen molar-refractivity contribution in [2.24, 2.45) is 0 Å². The molecule has 1 aliphatic rings. The number of carbonyl (C=O) groups excluding carboxylic acids is 1. The number of halogens is 1. The lowest BCUT2D eigenvalue weighted by Gasteiger charge is -2.35. The molecule has 0 bridgehead atoms. The van der Waals surface area contributed by atoms with Crippen molar-refractivity contribution in [3.8, 4) is 0 Å². The molecule has 0 N–H and O–H groups in total. The molecule has 3 heteroatoms. The summed E-state index contributed by atoms with van der Waals surface area (Å²) >= 11 is 3.45. The van der Waals surface area contributed by atoms with E-state index >= 15 is 0 Å². The highest BCUT2D eigenvalue weighted by atomic mass is 79.9. The smallest absolute Gasteiger partial charge is 0.168 e. The maximum Gasteiger partial charge on any atom is 0.168 e. The molecule has 0 radical (unpaired) electrons. The van der Waals surface area contributed by atoms with Gasteiger partial charge in [0.05, 0.1) is 0 Å². The minimum atomic E-state index is -0.519. The third-order valence-electron chi connectivity index (χ3n) is 3.84. The van der Waals surface area contributed by atoms with Crippen LogP contribution >= 0.6 is 15.9 Å². The third-order valence-corrected chi connectivity index (χ3v) is 4.34. The van der Waals surface area contributed by atoms with Gasteiger partial charge in [-0.05, 0) is 37.5 Å². The van der Waals surface area contributed by atoms with Gasteiger partial charge >= 0.3 is 0 Å². The van der Waals surface area contributed by atoms with Gasteiger partial charge in [0.2, 0.25) is 0 Å². The Morgan fingerprint density at radius 1 is 1.32 bits per heavy atom. The maximum absolute atomic E-state index is 12.7. The van der Waals surface area contributed by atoms with Crippen LogP contribution in [0.2, 0.25) is 0 Å². The molecular formula is C16H21BrO2. The molecule has 0 aromatic heterocycles. The fraction of sp³-hybridized carbons (Fsp3) is 0.562. The molecule has 1 aromatic carbocycles. The van der Waals surface area contributed by atoms with E-state index in [0.717, 1.165) is 35.7 Å². The van der Waals surface area contributed by atoms with Crippen LogP contribution in [-0.4, -0.2) is 18.0 Å². The number of hydrogen-bond donors (Lipinski definition) is 0. The highest BCUT2D eigenvalue weighted by Crippen LogP contribution is 2.33. The molecule has 0 atom stereocenters. The van der Waals surface area contributed by atoms with Gasteiger partial charge in [-0.1, -0.05) is 47.3 Å². The van der Waals surface area contributed by atoms with Crippen LogP contribution in [0.3, 0.4) is 0 Å². The number of benzene rings is 1. The molecule has 1 aliphatic carbocycles. The normalized spacial score (nSPS) is 18.2. The zero-order valence-corrected chi connectivity index (χ0v) is 13.0. The fourth-order valence-electron chi connectivity index (χ4n) is 2.90. The molecule has 0 heterocycles. The summed E-state index contributed by atoms with van der Waals surface area (Å²) in [6.45, 7) is 2.59. The molecule has 0 amide bonds. The van der Waals surface area contributed by atoms with E-state index in [9.17, 15) is 4.79 Å². The summed E-state index contributed by atoms with van der Waals surface area (Å²) in [7, 11) is 0. The molecule has 1 fully saturated rings. The SMILES string of the molecule is CCOC1(C(=O)Cc2cccc(Br)c2)CCCCC1. The van der Waals surface area contributed by atoms with Crippen molar-refractivity contribution < 1.29 is 9.53 Å². The lowest BCUT2D eigenvalue weighted by molar-refractivity contribution is -0.148. The first-order valence-electron chi connectivity index (χ1n) is 7.08. The fourth-order valence-corrected chi connectivity index (χ4v) is 3.34. The quantitative estimate of drug-likeness (QED) is 0.807. The number of ketones is 1. The van der Waals surface area contributed by atoms with Gasteiger partial charge in [-0.15, -0.1) is 0 Å². The third kappa shape index (κ3) is 3.67. The lowest BCUT2D eigenvalue weighted by Crippen LogP contribution is -2.44. The monoisotopic (exact) mass is 324 g/mol. The Morgan fingerprint density at radius 3 is 2.68 bits per heavy atom. The summed E-state index contributed by atoms with van der Waals surface area (Å²) in [6, 6.07) is 7.97. The van der Waals surface area contributed by atoms with Crippen molar-refractivity contribution in [2.45, 2.75) is 51.0 Å². The molecule has 0 aliphatic heterocycles. The van der Waals surface area contributed by atoms with Gasteiger partial charge in [-0.3, -0.25) is 4.79 Å². The average molecular weight is 325 g/mol. The molecule has 19 heavy (non-hydrogen) atoms. The van der Waals surface area contributed by atoms with Crippen LogP contribution in [0.15, 0.2) is 28.7 Å².